The van der Waals surface area contributed by atoms with Crippen molar-refractivity contribution >= 4 is 11.7 Å². The van der Waals surface area contributed by atoms with Gasteiger partial charge in [-0.25, -0.2) is 4.79 Å². The minimum Gasteiger partial charge on any atom is -0.484 e. The second-order valence-corrected chi connectivity index (χ2v) is 7.65. The van der Waals surface area contributed by atoms with Gasteiger partial charge >= 0.3 is 12.1 Å². The highest BCUT2D eigenvalue weighted by Crippen LogP contribution is 2.41. The van der Waals surface area contributed by atoms with Crippen LogP contribution in [0, 0.1) is 18.8 Å². The van der Waals surface area contributed by atoms with E-state index in [4.69, 9.17) is 4.74 Å². The summed E-state index contributed by atoms with van der Waals surface area (Å²) in [6, 6.07) is 3.66. The van der Waals surface area contributed by atoms with Gasteiger partial charge in [-0.1, -0.05) is 0 Å². The SMILES string of the molecule is Cc1cc2c(cc1NC1(C)CNC1)-c1c(nn(OC(=O)C(F)(F)F)[n+](=O)c1C)CO2. The lowest BCUT2D eigenvalue weighted by Crippen LogP contribution is -2.62. The molecule has 2 aromatic rings. The zero-order chi connectivity index (χ0) is 21.8. The smallest absolute Gasteiger partial charge is 0.484 e. The molecule has 30 heavy (non-hydrogen) atoms. The van der Waals surface area contributed by atoms with Crippen molar-refractivity contribution in [3.63, 3.8) is 0 Å². The van der Waals surface area contributed by atoms with Crippen molar-refractivity contribution in [1.82, 2.24) is 15.4 Å². The van der Waals surface area contributed by atoms with Gasteiger partial charge < -0.3 is 15.4 Å². The van der Waals surface area contributed by atoms with Crippen LogP contribution < -0.4 is 24.7 Å². The lowest BCUT2D eigenvalue weighted by molar-refractivity contribution is -0.646. The Hall–Kier alpha value is -3.15. The van der Waals surface area contributed by atoms with Gasteiger partial charge in [-0.05, 0) is 36.5 Å². The fourth-order valence-electron chi connectivity index (χ4n) is 3.45. The number of anilines is 1. The zero-order valence-electron chi connectivity index (χ0n) is 16.4. The van der Waals surface area contributed by atoms with Crippen molar-refractivity contribution in [2.24, 2.45) is 0 Å². The number of carbonyl (C=O) groups is 1. The second-order valence-electron chi connectivity index (χ2n) is 7.65. The van der Waals surface area contributed by atoms with Crippen molar-refractivity contribution in [3.05, 3.63) is 34.0 Å². The first-order chi connectivity index (χ1) is 14.0. The van der Waals surface area contributed by atoms with E-state index in [1.807, 2.05) is 19.1 Å². The summed E-state index contributed by atoms with van der Waals surface area (Å²) in [6.07, 6.45) is -5.26. The number of nitrogens with one attached hydrogen (secondary N) is 2. The van der Waals surface area contributed by atoms with Crippen molar-refractivity contribution in [3.8, 4) is 16.9 Å². The van der Waals surface area contributed by atoms with Gasteiger partial charge in [0.05, 0.1) is 16.2 Å². The summed E-state index contributed by atoms with van der Waals surface area (Å²) in [7, 11) is 0. The number of fused-ring (bicyclic) bond motifs is 3. The lowest BCUT2D eigenvalue weighted by atomic mass is 9.92. The number of nitrogens with zero attached hydrogens (tertiary/aromatic N) is 3. The lowest BCUT2D eigenvalue weighted by Gasteiger charge is -2.41. The molecule has 160 valence electrons. The molecule has 2 N–H and O–H groups in total. The van der Waals surface area contributed by atoms with Crippen LogP contribution in [-0.4, -0.2) is 40.8 Å². The highest BCUT2D eigenvalue weighted by molar-refractivity contribution is 5.80. The molecule has 0 unspecified atom stereocenters. The van der Waals surface area contributed by atoms with Crippen LogP contribution in [0.5, 0.6) is 5.75 Å². The van der Waals surface area contributed by atoms with Crippen LogP contribution in [0.3, 0.4) is 0 Å². The molecule has 0 aliphatic carbocycles. The maximum Gasteiger partial charge on any atom is 0.493 e. The minimum absolute atomic E-state index is 0.00168. The number of rotatable bonds is 3. The van der Waals surface area contributed by atoms with Crippen LogP contribution in [-0.2, 0) is 11.4 Å². The van der Waals surface area contributed by atoms with Gasteiger partial charge in [-0.15, -0.1) is 0 Å². The molecule has 0 spiro atoms. The summed E-state index contributed by atoms with van der Waals surface area (Å²) in [5.41, 5.74) is 2.85. The third kappa shape index (κ3) is 3.36. The Bertz CT molecular complexity index is 1110. The molecule has 0 amide bonds. The molecule has 0 atom stereocenters. The molecule has 0 saturated carbocycles. The van der Waals surface area contributed by atoms with Crippen LogP contribution in [0.25, 0.3) is 11.1 Å². The number of aromatic nitrogens is 3. The molecule has 1 aromatic heterocycles. The molecule has 2 aliphatic rings. The third-order valence-corrected chi connectivity index (χ3v) is 5.12. The first kappa shape index (κ1) is 20.1. The largest absolute Gasteiger partial charge is 0.493 e. The Labute approximate surface area is 168 Å². The molecule has 1 aromatic carbocycles. The molecule has 0 bridgehead atoms. The molecule has 1 fully saturated rings. The van der Waals surface area contributed by atoms with E-state index < -0.39 is 12.1 Å². The van der Waals surface area contributed by atoms with E-state index in [0.29, 0.717) is 16.9 Å². The summed E-state index contributed by atoms with van der Waals surface area (Å²) in [4.78, 5) is 27.6. The molecular weight excluding hydrogens is 407 g/mol. The summed E-state index contributed by atoms with van der Waals surface area (Å²) in [5, 5.41) is 10.4. The molecule has 2 aliphatic heterocycles. The summed E-state index contributed by atoms with van der Waals surface area (Å²) in [5.74, 6) is -2.03. The van der Waals surface area contributed by atoms with Crippen molar-refractivity contribution in [1.29, 1.82) is 0 Å². The Morgan fingerprint density at radius 1 is 1.37 bits per heavy atom. The number of halogens is 3. The number of hydrogen-bond donors (Lipinski definition) is 2. The fourth-order valence-corrected chi connectivity index (χ4v) is 3.45. The molecule has 12 heteroatoms. The first-order valence-electron chi connectivity index (χ1n) is 9.10. The highest BCUT2D eigenvalue weighted by Gasteiger charge is 2.44. The van der Waals surface area contributed by atoms with E-state index in [-0.39, 0.29) is 33.0 Å². The molecule has 1 saturated heterocycles. The quantitative estimate of drug-likeness (QED) is 0.713. The maximum absolute atomic E-state index is 12.5. The van der Waals surface area contributed by atoms with E-state index in [9.17, 15) is 22.9 Å². The molecular formula is C18H19F3N5O4+. The predicted molar refractivity (Wildman–Crippen MR) is 97.4 cm³/mol. The number of benzene rings is 1. The topological polar surface area (TPSA) is 100 Å². The van der Waals surface area contributed by atoms with Crippen LogP contribution in [0.1, 0.15) is 23.9 Å². The number of ether oxygens (including phenoxy) is 1. The predicted octanol–water partition coefficient (Wildman–Crippen LogP) is 1.27. The number of alkyl halides is 3. The van der Waals surface area contributed by atoms with Crippen molar-refractivity contribution < 1.29 is 32.1 Å². The van der Waals surface area contributed by atoms with E-state index in [1.165, 1.54) is 6.92 Å². The van der Waals surface area contributed by atoms with E-state index in [0.717, 1.165) is 24.3 Å². The van der Waals surface area contributed by atoms with Gasteiger partial charge in [0.2, 0.25) is 10.7 Å². The Morgan fingerprint density at radius 2 is 2.07 bits per heavy atom. The Morgan fingerprint density at radius 3 is 2.67 bits per heavy atom. The van der Waals surface area contributed by atoms with Gasteiger partial charge in [0.15, 0.2) is 12.3 Å². The average Bonchev–Trinajstić information content (AvgIpc) is 2.64. The molecule has 9 nitrogen and oxygen atoms in total. The Kier molecular flexibility index (Phi) is 4.49. The van der Waals surface area contributed by atoms with E-state index in [2.05, 4.69) is 27.5 Å². The normalized spacial score (nSPS) is 16.6. The van der Waals surface area contributed by atoms with Gasteiger partial charge in [0.25, 0.3) is 0 Å². The fraction of sp³-hybridized carbons (Fsp3) is 0.444. The highest BCUT2D eigenvalue weighted by atomic mass is 19.4. The van der Waals surface area contributed by atoms with Crippen LogP contribution >= 0.6 is 0 Å². The third-order valence-electron chi connectivity index (χ3n) is 5.12. The maximum atomic E-state index is 12.5. The van der Waals surface area contributed by atoms with Crippen LogP contribution in [0.4, 0.5) is 18.9 Å². The standard InChI is InChI=1S/C18H19F3N5O4/c1-9-4-14-11(5-12(9)23-17(3)7-22-8-17)15-10(2)25(28)26(24-13(15)6-29-14)30-16(27)18(19,20)21/h4-5,22-23H,6-8H2,1-3H3/q+1. The van der Waals surface area contributed by atoms with Gasteiger partial charge in [-0.3, -0.25) is 4.84 Å². The zero-order valence-corrected chi connectivity index (χ0v) is 16.4. The van der Waals surface area contributed by atoms with E-state index in [1.54, 1.807) is 0 Å². The summed E-state index contributed by atoms with van der Waals surface area (Å²) in [6.45, 7) is 6.89. The van der Waals surface area contributed by atoms with Crippen molar-refractivity contribution in [2.45, 2.75) is 39.1 Å². The summed E-state index contributed by atoms with van der Waals surface area (Å²) >= 11 is 0. The molecule has 4 rings (SSSR count). The van der Waals surface area contributed by atoms with E-state index >= 15 is 0 Å². The molecule has 3 heterocycles. The second kappa shape index (κ2) is 6.69. The average molecular weight is 426 g/mol. The monoisotopic (exact) mass is 426 g/mol. The summed E-state index contributed by atoms with van der Waals surface area (Å²) < 4.78 is 43.2. The Balaban J connectivity index is 1.77. The molecule has 0 radical (unpaired) electrons. The van der Waals surface area contributed by atoms with Gasteiger partial charge in [-0.2, -0.15) is 13.2 Å². The number of carbonyl (C=O) groups excluding carboxylic acids is 1. The van der Waals surface area contributed by atoms with Crippen molar-refractivity contribution in [2.75, 3.05) is 18.4 Å². The van der Waals surface area contributed by atoms with Gasteiger partial charge in [0.1, 0.15) is 10.3 Å². The first-order valence-corrected chi connectivity index (χ1v) is 9.10. The number of hydrogen-bond acceptors (Lipinski definition) is 7. The van der Waals surface area contributed by atoms with Crippen LogP contribution in [0.15, 0.2) is 12.1 Å². The van der Waals surface area contributed by atoms with Crippen LogP contribution in [0.2, 0.25) is 0 Å². The number of aryl methyl sites for hydroxylation is 1. The minimum atomic E-state index is -5.26. The van der Waals surface area contributed by atoms with Gasteiger partial charge in [0, 0.05) is 31.3 Å².